The number of hydrogen-bond donors (Lipinski definition) is 4. The Morgan fingerprint density at radius 1 is 1.00 bits per heavy atom. The molecule has 3 aromatic carbocycles. The summed E-state index contributed by atoms with van der Waals surface area (Å²) in [5.41, 5.74) is 4.73. The Balaban J connectivity index is 1.83. The maximum atomic E-state index is 14.0. The minimum atomic E-state index is -5.43. The Kier molecular flexibility index (Phi) is 9.10. The molecule has 0 aliphatic rings. The lowest BCUT2D eigenvalue weighted by molar-refractivity contribution is -0.213. The summed E-state index contributed by atoms with van der Waals surface area (Å²) in [5.74, 6) is -3.78. The molecule has 0 saturated carbocycles. The largest absolute Gasteiger partial charge is 0.491 e. The standard InChI is InChI=1S/C30H27ClF3N5O4/c1-3-19-14-21(7-10-25(19)31)29(43-28(42)30(32,33)34,39-23-8-9-24-20(15-23)11-12-36-26(24)35)27(41)37-16-18-5-4-6-22(13-18)38-17(2)40/h4-15,39H,3,16H2,1-2H3,(H2,35,36)(H,37,41)(H,38,40). The van der Waals surface area contributed by atoms with Crippen LogP contribution in [0, 0.1) is 0 Å². The monoisotopic (exact) mass is 613 g/mol. The summed E-state index contributed by atoms with van der Waals surface area (Å²) < 4.78 is 46.0. The molecular formula is C30H27ClF3N5O4. The first-order valence-corrected chi connectivity index (χ1v) is 13.4. The summed E-state index contributed by atoms with van der Waals surface area (Å²) >= 11 is 6.28. The van der Waals surface area contributed by atoms with E-state index in [-0.39, 0.29) is 29.5 Å². The number of carbonyl (C=O) groups is 3. The second-order valence-corrected chi connectivity index (χ2v) is 9.96. The molecule has 9 nitrogen and oxygen atoms in total. The van der Waals surface area contributed by atoms with Gasteiger partial charge in [0.25, 0.3) is 11.6 Å². The zero-order chi connectivity index (χ0) is 31.4. The Bertz CT molecular complexity index is 1700. The van der Waals surface area contributed by atoms with Crippen LogP contribution in [0.2, 0.25) is 5.02 Å². The summed E-state index contributed by atoms with van der Waals surface area (Å²) in [5, 5.41) is 9.38. The molecule has 224 valence electrons. The predicted octanol–water partition coefficient (Wildman–Crippen LogP) is 5.68. The lowest BCUT2D eigenvalue weighted by Gasteiger charge is -2.34. The number of benzene rings is 3. The molecule has 0 fully saturated rings. The quantitative estimate of drug-likeness (QED) is 0.141. The van der Waals surface area contributed by atoms with Gasteiger partial charge in [-0.1, -0.05) is 36.7 Å². The van der Waals surface area contributed by atoms with Gasteiger partial charge in [-0.05, 0) is 71.5 Å². The number of hydrogen-bond acceptors (Lipinski definition) is 7. The molecule has 0 radical (unpaired) electrons. The highest BCUT2D eigenvalue weighted by Crippen LogP contribution is 2.35. The van der Waals surface area contributed by atoms with Crippen molar-refractivity contribution in [1.29, 1.82) is 0 Å². The molecule has 1 unspecified atom stereocenters. The average molecular weight is 614 g/mol. The van der Waals surface area contributed by atoms with Crippen LogP contribution in [0.25, 0.3) is 10.8 Å². The van der Waals surface area contributed by atoms with Gasteiger partial charge in [0.2, 0.25) is 5.91 Å². The first-order chi connectivity index (χ1) is 20.3. The molecule has 1 heterocycles. The molecule has 2 amide bonds. The number of nitrogen functional groups attached to an aromatic ring is 1. The predicted molar refractivity (Wildman–Crippen MR) is 157 cm³/mol. The van der Waals surface area contributed by atoms with Gasteiger partial charge in [0, 0.05) is 47.0 Å². The summed E-state index contributed by atoms with van der Waals surface area (Å²) in [6.45, 7) is 2.91. The molecule has 0 spiro atoms. The van der Waals surface area contributed by atoms with Crippen LogP contribution in [-0.2, 0) is 37.8 Å². The first-order valence-electron chi connectivity index (χ1n) is 13.0. The molecule has 1 aromatic heterocycles. The number of pyridine rings is 1. The van der Waals surface area contributed by atoms with Crippen LogP contribution in [0.1, 0.15) is 30.5 Å². The van der Waals surface area contributed by atoms with Gasteiger partial charge >= 0.3 is 12.1 Å². The van der Waals surface area contributed by atoms with Crippen molar-refractivity contribution in [2.24, 2.45) is 0 Å². The van der Waals surface area contributed by atoms with Crippen molar-refractivity contribution < 1.29 is 32.3 Å². The molecule has 0 aliphatic carbocycles. The number of nitrogens with one attached hydrogen (secondary N) is 3. The van der Waals surface area contributed by atoms with E-state index < -0.39 is 23.8 Å². The third-order valence-corrected chi connectivity index (χ3v) is 6.81. The number of carbonyl (C=O) groups excluding carboxylic acids is 3. The SMILES string of the molecule is CCc1cc(C(Nc2ccc3c(N)nccc3c2)(OC(=O)C(F)(F)F)C(=O)NCc2cccc(NC(C)=O)c2)ccc1Cl. The van der Waals surface area contributed by atoms with Gasteiger partial charge in [-0.3, -0.25) is 9.59 Å². The maximum absolute atomic E-state index is 14.0. The van der Waals surface area contributed by atoms with Crippen molar-refractivity contribution >= 4 is 57.3 Å². The molecular weight excluding hydrogens is 587 g/mol. The number of nitrogens with two attached hydrogens (primary N) is 1. The van der Waals surface area contributed by atoms with Crippen LogP contribution in [0.3, 0.4) is 0 Å². The number of nitrogens with zero attached hydrogens (tertiary/aromatic N) is 1. The number of fused-ring (bicyclic) bond motifs is 1. The number of alkyl halides is 3. The van der Waals surface area contributed by atoms with Gasteiger partial charge in [-0.15, -0.1) is 0 Å². The Morgan fingerprint density at radius 3 is 2.47 bits per heavy atom. The second kappa shape index (κ2) is 12.6. The fourth-order valence-electron chi connectivity index (χ4n) is 4.40. The third-order valence-electron chi connectivity index (χ3n) is 6.45. The number of halogens is 4. The van der Waals surface area contributed by atoms with Crippen molar-refractivity contribution in [3.05, 3.63) is 94.6 Å². The highest BCUT2D eigenvalue weighted by Gasteiger charge is 2.52. The number of esters is 1. The zero-order valence-corrected chi connectivity index (χ0v) is 23.8. The molecule has 0 aliphatic heterocycles. The minimum absolute atomic E-state index is 0.106. The molecule has 13 heteroatoms. The summed E-state index contributed by atoms with van der Waals surface area (Å²) in [6, 6.07) is 16.8. The van der Waals surface area contributed by atoms with Crippen molar-refractivity contribution in [2.45, 2.75) is 38.7 Å². The molecule has 0 bridgehead atoms. The van der Waals surface area contributed by atoms with E-state index in [1.807, 2.05) is 0 Å². The minimum Gasteiger partial charge on any atom is -0.418 e. The fourth-order valence-corrected chi connectivity index (χ4v) is 4.66. The van der Waals surface area contributed by atoms with Crippen molar-refractivity contribution in [2.75, 3.05) is 16.4 Å². The van der Waals surface area contributed by atoms with E-state index in [4.69, 9.17) is 22.1 Å². The molecule has 43 heavy (non-hydrogen) atoms. The van der Waals surface area contributed by atoms with E-state index in [0.29, 0.717) is 39.0 Å². The summed E-state index contributed by atoms with van der Waals surface area (Å²) in [7, 11) is 0. The Hall–Kier alpha value is -4.84. The highest BCUT2D eigenvalue weighted by molar-refractivity contribution is 6.31. The lowest BCUT2D eigenvalue weighted by Crippen LogP contribution is -2.54. The summed E-state index contributed by atoms with van der Waals surface area (Å²) in [6.07, 6.45) is -3.61. The Labute approximate surface area is 249 Å². The Morgan fingerprint density at radius 2 is 1.77 bits per heavy atom. The number of rotatable bonds is 9. The van der Waals surface area contributed by atoms with Crippen molar-refractivity contribution in [3.8, 4) is 0 Å². The first kappa shape index (κ1) is 31.1. The van der Waals surface area contributed by atoms with Gasteiger partial charge in [0.15, 0.2) is 0 Å². The highest BCUT2D eigenvalue weighted by atomic mass is 35.5. The molecule has 5 N–H and O–H groups in total. The van der Waals surface area contributed by atoms with E-state index in [2.05, 4.69) is 20.9 Å². The van der Waals surface area contributed by atoms with Crippen LogP contribution in [-0.4, -0.2) is 28.9 Å². The summed E-state index contributed by atoms with van der Waals surface area (Å²) in [4.78, 5) is 41.9. The smallest absolute Gasteiger partial charge is 0.418 e. The van der Waals surface area contributed by atoms with Crippen molar-refractivity contribution in [1.82, 2.24) is 10.3 Å². The van der Waals surface area contributed by atoms with E-state index in [1.54, 1.807) is 43.3 Å². The van der Waals surface area contributed by atoms with E-state index in [1.165, 1.54) is 43.5 Å². The number of ether oxygens (including phenoxy) is 1. The topological polar surface area (TPSA) is 135 Å². The van der Waals surface area contributed by atoms with E-state index in [9.17, 15) is 27.6 Å². The van der Waals surface area contributed by atoms with Gasteiger partial charge in [0.1, 0.15) is 5.82 Å². The van der Waals surface area contributed by atoms with Crippen LogP contribution < -0.4 is 21.7 Å². The number of anilines is 3. The normalized spacial score (nSPS) is 12.7. The van der Waals surface area contributed by atoms with Crippen LogP contribution in [0.5, 0.6) is 0 Å². The van der Waals surface area contributed by atoms with Crippen LogP contribution >= 0.6 is 11.6 Å². The second-order valence-electron chi connectivity index (χ2n) is 9.55. The number of amides is 2. The number of aryl methyl sites for hydroxylation is 1. The molecule has 0 saturated heterocycles. The van der Waals surface area contributed by atoms with E-state index >= 15 is 0 Å². The third kappa shape index (κ3) is 7.15. The zero-order valence-electron chi connectivity index (χ0n) is 23.0. The van der Waals surface area contributed by atoms with Gasteiger partial charge in [-0.2, -0.15) is 13.2 Å². The molecule has 1 atom stereocenters. The van der Waals surface area contributed by atoms with Gasteiger partial charge in [0.05, 0.1) is 0 Å². The van der Waals surface area contributed by atoms with E-state index in [0.717, 1.165) is 0 Å². The van der Waals surface area contributed by atoms with Gasteiger partial charge < -0.3 is 26.4 Å². The maximum Gasteiger partial charge on any atom is 0.491 e. The van der Waals surface area contributed by atoms with Crippen LogP contribution in [0.4, 0.5) is 30.4 Å². The van der Waals surface area contributed by atoms with Crippen LogP contribution in [0.15, 0.2) is 72.9 Å². The van der Waals surface area contributed by atoms with Gasteiger partial charge in [-0.25, -0.2) is 9.78 Å². The lowest BCUT2D eigenvalue weighted by atomic mass is 9.97. The number of aromatic nitrogens is 1. The fraction of sp³-hybridized carbons (Fsp3) is 0.200. The molecule has 4 rings (SSSR count). The molecule has 4 aromatic rings. The van der Waals surface area contributed by atoms with Crippen molar-refractivity contribution in [3.63, 3.8) is 0 Å². The average Bonchev–Trinajstić information content (AvgIpc) is 2.95.